The fourth-order valence-corrected chi connectivity index (χ4v) is 4.72. The molecule has 38 heavy (non-hydrogen) atoms. The van der Waals surface area contributed by atoms with Crippen molar-refractivity contribution in [3.05, 3.63) is 99.5 Å². The molecule has 200 valence electrons. The molecule has 2 heterocycles. The molecule has 0 unspecified atom stereocenters. The van der Waals surface area contributed by atoms with E-state index >= 15 is 0 Å². The Morgan fingerprint density at radius 3 is 2.26 bits per heavy atom. The Morgan fingerprint density at radius 1 is 0.974 bits per heavy atom. The van der Waals surface area contributed by atoms with Crippen molar-refractivity contribution in [1.82, 2.24) is 9.47 Å². The van der Waals surface area contributed by atoms with Crippen molar-refractivity contribution >= 4 is 17.5 Å². The van der Waals surface area contributed by atoms with Gasteiger partial charge < -0.3 is 14.8 Å². The zero-order valence-corrected chi connectivity index (χ0v) is 21.1. The Hall–Kier alpha value is -3.88. The maximum Gasteiger partial charge on any atom is 0.416 e. The van der Waals surface area contributed by atoms with Crippen molar-refractivity contribution in [2.45, 2.75) is 44.2 Å². The quantitative estimate of drug-likeness (QED) is 0.450. The minimum atomic E-state index is -4.35. The van der Waals surface area contributed by atoms with Gasteiger partial charge in [-0.25, -0.2) is 0 Å². The summed E-state index contributed by atoms with van der Waals surface area (Å²) in [4.78, 5) is 38.6. The van der Waals surface area contributed by atoms with Crippen molar-refractivity contribution in [2.24, 2.45) is 7.05 Å². The van der Waals surface area contributed by atoms with E-state index in [1.807, 2.05) is 24.3 Å². The van der Waals surface area contributed by atoms with Gasteiger partial charge in [0, 0.05) is 50.6 Å². The van der Waals surface area contributed by atoms with Gasteiger partial charge in [0.25, 0.3) is 5.91 Å². The number of hydrogen-bond donors (Lipinski definition) is 1. The molecule has 2 aromatic carbocycles. The van der Waals surface area contributed by atoms with Crippen LogP contribution in [0.3, 0.4) is 0 Å². The molecule has 0 spiro atoms. The Morgan fingerprint density at radius 2 is 1.63 bits per heavy atom. The molecule has 0 saturated carbocycles. The molecule has 1 fully saturated rings. The monoisotopic (exact) mass is 525 g/mol. The molecular weight excluding hydrogens is 495 g/mol. The average molecular weight is 526 g/mol. The SMILES string of the molecule is Cn1ccc(=O)cc1C(=O)N1CCC(c2ccc(NC(=O)CCCc3ccc(C(F)(F)F)cc3)cc2)CC1. The average Bonchev–Trinajstić information content (AvgIpc) is 2.90. The van der Waals surface area contributed by atoms with Crippen molar-refractivity contribution in [2.75, 3.05) is 18.4 Å². The predicted molar refractivity (Wildman–Crippen MR) is 139 cm³/mol. The normalized spacial score (nSPS) is 14.4. The lowest BCUT2D eigenvalue weighted by Crippen LogP contribution is -2.39. The first-order valence-electron chi connectivity index (χ1n) is 12.6. The van der Waals surface area contributed by atoms with Crippen molar-refractivity contribution < 1.29 is 22.8 Å². The molecule has 1 aliphatic heterocycles. The second kappa shape index (κ2) is 11.7. The number of amides is 2. The number of benzene rings is 2. The van der Waals surface area contributed by atoms with Crippen LogP contribution >= 0.6 is 0 Å². The first-order valence-corrected chi connectivity index (χ1v) is 12.6. The third-order valence-electron chi connectivity index (χ3n) is 6.94. The molecular formula is C29H30F3N3O3. The summed E-state index contributed by atoms with van der Waals surface area (Å²) in [7, 11) is 1.75. The summed E-state index contributed by atoms with van der Waals surface area (Å²) in [6.45, 7) is 1.20. The molecule has 6 nitrogen and oxygen atoms in total. The molecule has 9 heteroatoms. The highest BCUT2D eigenvalue weighted by atomic mass is 19.4. The number of hydrogen-bond acceptors (Lipinski definition) is 3. The van der Waals surface area contributed by atoms with Crippen molar-refractivity contribution in [1.29, 1.82) is 0 Å². The van der Waals surface area contributed by atoms with Gasteiger partial charge in [-0.3, -0.25) is 14.4 Å². The number of carbonyl (C=O) groups excluding carboxylic acids is 2. The van der Waals surface area contributed by atoms with Crippen LogP contribution < -0.4 is 10.7 Å². The van der Waals surface area contributed by atoms with E-state index in [0.717, 1.165) is 36.1 Å². The lowest BCUT2D eigenvalue weighted by molar-refractivity contribution is -0.137. The molecule has 1 N–H and O–H groups in total. The number of rotatable bonds is 7. The van der Waals surface area contributed by atoms with E-state index in [1.54, 1.807) is 22.7 Å². The standard InChI is InChI=1S/C29H30F3N3O3/c1-34-16-15-25(36)19-26(34)28(38)35-17-13-22(14-18-35)21-7-11-24(12-8-21)33-27(37)4-2-3-20-5-9-23(10-6-20)29(30,31)32/h5-12,15-16,19,22H,2-4,13-14,17-18H2,1H3,(H,33,37). The van der Waals surface area contributed by atoms with Gasteiger partial charge in [0.15, 0.2) is 5.43 Å². The van der Waals surface area contributed by atoms with Crippen molar-refractivity contribution in [3.63, 3.8) is 0 Å². The molecule has 1 saturated heterocycles. The summed E-state index contributed by atoms with van der Waals surface area (Å²) in [5.74, 6) is 0.0129. The number of halogens is 3. The molecule has 4 rings (SSSR count). The number of aromatic nitrogens is 1. The number of anilines is 1. The minimum Gasteiger partial charge on any atom is -0.346 e. The Bertz CT molecular complexity index is 1320. The molecule has 0 aliphatic carbocycles. The third kappa shape index (κ3) is 6.90. The Kier molecular flexibility index (Phi) is 8.34. The fourth-order valence-electron chi connectivity index (χ4n) is 4.72. The number of pyridine rings is 1. The third-order valence-corrected chi connectivity index (χ3v) is 6.94. The lowest BCUT2D eigenvalue weighted by atomic mass is 9.89. The first kappa shape index (κ1) is 27.2. The van der Waals surface area contributed by atoms with Crippen LogP contribution in [0, 0.1) is 0 Å². The molecule has 0 bridgehead atoms. The number of nitrogens with one attached hydrogen (secondary N) is 1. The zero-order valence-electron chi connectivity index (χ0n) is 21.1. The maximum absolute atomic E-state index is 12.9. The van der Waals surface area contributed by atoms with Crippen LogP contribution in [0.25, 0.3) is 0 Å². The first-order chi connectivity index (χ1) is 18.1. The largest absolute Gasteiger partial charge is 0.416 e. The Balaban J connectivity index is 1.22. The summed E-state index contributed by atoms with van der Waals surface area (Å²) in [6.07, 6.45) is 0.180. The van der Waals surface area contributed by atoms with Gasteiger partial charge in [-0.2, -0.15) is 13.2 Å². The van der Waals surface area contributed by atoms with Gasteiger partial charge in [0.05, 0.1) is 5.56 Å². The van der Waals surface area contributed by atoms with Crippen LogP contribution in [0.15, 0.2) is 71.7 Å². The highest BCUT2D eigenvalue weighted by Crippen LogP contribution is 2.30. The van der Waals surface area contributed by atoms with Crippen LogP contribution in [0.5, 0.6) is 0 Å². The second-order valence-corrected chi connectivity index (χ2v) is 9.64. The number of alkyl halides is 3. The van der Waals surface area contributed by atoms with E-state index in [4.69, 9.17) is 0 Å². The zero-order chi connectivity index (χ0) is 27.3. The molecule has 3 aromatic rings. The lowest BCUT2D eigenvalue weighted by Gasteiger charge is -2.32. The van der Waals surface area contributed by atoms with Gasteiger partial charge in [-0.05, 0) is 67.0 Å². The number of carbonyl (C=O) groups is 2. The van der Waals surface area contributed by atoms with Gasteiger partial charge in [0.1, 0.15) is 5.69 Å². The highest BCUT2D eigenvalue weighted by Gasteiger charge is 2.30. The van der Waals surface area contributed by atoms with E-state index in [-0.39, 0.29) is 23.7 Å². The number of aryl methyl sites for hydroxylation is 2. The van der Waals surface area contributed by atoms with Crippen molar-refractivity contribution in [3.8, 4) is 0 Å². The summed E-state index contributed by atoms with van der Waals surface area (Å²) in [6, 6.07) is 15.5. The summed E-state index contributed by atoms with van der Waals surface area (Å²) in [5, 5.41) is 2.87. The molecule has 1 aliphatic rings. The summed E-state index contributed by atoms with van der Waals surface area (Å²) < 4.78 is 39.7. The van der Waals surface area contributed by atoms with E-state index in [9.17, 15) is 27.6 Å². The van der Waals surface area contributed by atoms with Crippen LogP contribution in [0.1, 0.15) is 58.8 Å². The van der Waals surface area contributed by atoms with E-state index in [2.05, 4.69) is 5.32 Å². The number of nitrogens with zero attached hydrogens (tertiary/aromatic N) is 2. The summed E-state index contributed by atoms with van der Waals surface area (Å²) in [5.41, 5.74) is 2.11. The van der Waals surface area contributed by atoms with Crippen LogP contribution in [-0.2, 0) is 24.4 Å². The van der Waals surface area contributed by atoms with E-state index in [0.29, 0.717) is 43.2 Å². The fraction of sp³-hybridized carbons (Fsp3) is 0.345. The molecule has 0 atom stereocenters. The van der Waals surface area contributed by atoms with Crippen LogP contribution in [-0.4, -0.2) is 34.4 Å². The molecule has 2 amide bonds. The van der Waals surface area contributed by atoms with Gasteiger partial charge in [-0.15, -0.1) is 0 Å². The maximum atomic E-state index is 12.9. The topological polar surface area (TPSA) is 71.4 Å². The van der Waals surface area contributed by atoms with E-state index < -0.39 is 11.7 Å². The summed E-state index contributed by atoms with van der Waals surface area (Å²) >= 11 is 0. The molecule has 1 aromatic heterocycles. The van der Waals surface area contributed by atoms with Gasteiger partial charge >= 0.3 is 6.18 Å². The van der Waals surface area contributed by atoms with Gasteiger partial charge in [0.2, 0.25) is 5.91 Å². The smallest absolute Gasteiger partial charge is 0.346 e. The number of likely N-dealkylation sites (tertiary alicyclic amines) is 1. The van der Waals surface area contributed by atoms with Gasteiger partial charge in [-0.1, -0.05) is 24.3 Å². The second-order valence-electron chi connectivity index (χ2n) is 9.64. The number of piperidine rings is 1. The molecule has 0 radical (unpaired) electrons. The minimum absolute atomic E-state index is 0.139. The predicted octanol–water partition coefficient (Wildman–Crippen LogP) is 5.39. The highest BCUT2D eigenvalue weighted by molar-refractivity contribution is 5.92. The van der Waals surface area contributed by atoms with Crippen LogP contribution in [0.4, 0.5) is 18.9 Å². The van der Waals surface area contributed by atoms with E-state index in [1.165, 1.54) is 24.3 Å². The Labute approximate surface area is 219 Å². The van der Waals surface area contributed by atoms with Crippen LogP contribution in [0.2, 0.25) is 0 Å².